The molecule has 0 radical (unpaired) electrons. The number of halogens is 3. The number of hydrogen-bond acceptors (Lipinski definition) is 3. The molecule has 0 bridgehead atoms. The van der Waals surface area contributed by atoms with Crippen LogP contribution in [0.1, 0.15) is 24.1 Å². The van der Waals surface area contributed by atoms with Gasteiger partial charge in [0.25, 0.3) is 0 Å². The predicted molar refractivity (Wildman–Crippen MR) is 96.3 cm³/mol. The molecule has 0 unspecified atom stereocenters. The topological polar surface area (TPSA) is 46.5 Å². The molecule has 0 amide bonds. The van der Waals surface area contributed by atoms with Gasteiger partial charge in [0, 0.05) is 0 Å². The first kappa shape index (κ1) is 19.5. The van der Waals surface area contributed by atoms with Gasteiger partial charge in [-0.15, -0.1) is 0 Å². The van der Waals surface area contributed by atoms with Gasteiger partial charge in [-0.25, -0.2) is 8.42 Å². The van der Waals surface area contributed by atoms with Crippen molar-refractivity contribution in [2.75, 3.05) is 5.75 Å². The summed E-state index contributed by atoms with van der Waals surface area (Å²) < 4.78 is 52.4. The van der Waals surface area contributed by atoms with E-state index in [0.717, 1.165) is 5.56 Å². The highest BCUT2D eigenvalue weighted by Crippen LogP contribution is 2.27. The molecule has 0 aliphatic rings. The van der Waals surface area contributed by atoms with Crippen LogP contribution in [0, 0.1) is 6.92 Å². The second-order valence-corrected chi connectivity index (χ2v) is 8.20. The normalized spacial score (nSPS) is 14.4. The van der Waals surface area contributed by atoms with Crippen molar-refractivity contribution in [2.24, 2.45) is 4.99 Å². The van der Waals surface area contributed by atoms with E-state index in [9.17, 15) is 17.2 Å². The Bertz CT molecular complexity index is 845. The van der Waals surface area contributed by atoms with Gasteiger partial charge >= 0.3 is 5.38 Å². The quantitative estimate of drug-likeness (QED) is 0.529. The van der Waals surface area contributed by atoms with Crippen LogP contribution >= 0.6 is 11.6 Å². The molecule has 0 saturated heterocycles. The minimum Gasteiger partial charge on any atom is -0.278 e. The summed E-state index contributed by atoms with van der Waals surface area (Å²) in [7, 11) is -3.98. The molecular weight excluding hydrogens is 368 g/mol. The fourth-order valence-electron chi connectivity index (χ4n) is 2.24. The first-order valence-electron chi connectivity index (χ1n) is 7.58. The van der Waals surface area contributed by atoms with Crippen LogP contribution in [0.4, 0.5) is 8.78 Å². The van der Waals surface area contributed by atoms with Crippen molar-refractivity contribution in [1.29, 1.82) is 0 Å². The summed E-state index contributed by atoms with van der Waals surface area (Å²) >= 11 is 5.12. The van der Waals surface area contributed by atoms with Crippen LogP contribution in [-0.4, -0.2) is 25.3 Å². The Hall–Kier alpha value is -1.79. The Morgan fingerprint density at radius 2 is 1.68 bits per heavy atom. The standard InChI is InChI=1S/C18H18ClF2NO2S/c1-13-8-10-16(11-9-13)25(23,24)12-17(18(19,20)21)22-14(2)15-6-4-3-5-7-15/h3-11,14H,12H2,1-2H3/t14-/m0/s1. The molecule has 3 nitrogen and oxygen atoms in total. The van der Waals surface area contributed by atoms with E-state index >= 15 is 0 Å². The van der Waals surface area contributed by atoms with Crippen molar-refractivity contribution in [1.82, 2.24) is 0 Å². The van der Waals surface area contributed by atoms with Gasteiger partial charge in [0.15, 0.2) is 9.84 Å². The monoisotopic (exact) mass is 385 g/mol. The van der Waals surface area contributed by atoms with Gasteiger partial charge in [-0.05, 0) is 43.1 Å². The predicted octanol–water partition coefficient (Wildman–Crippen LogP) is 4.80. The number of sulfone groups is 1. The molecule has 134 valence electrons. The molecule has 0 aromatic heterocycles. The van der Waals surface area contributed by atoms with Crippen LogP contribution < -0.4 is 0 Å². The molecule has 25 heavy (non-hydrogen) atoms. The lowest BCUT2D eigenvalue weighted by atomic mass is 10.1. The van der Waals surface area contributed by atoms with E-state index in [0.29, 0.717) is 5.56 Å². The highest BCUT2D eigenvalue weighted by Gasteiger charge is 2.37. The number of nitrogens with zero attached hydrogens (tertiary/aromatic N) is 1. The zero-order valence-corrected chi connectivity index (χ0v) is 15.4. The fraction of sp³-hybridized carbons (Fsp3) is 0.278. The number of benzene rings is 2. The lowest BCUT2D eigenvalue weighted by molar-refractivity contribution is 0.174. The van der Waals surface area contributed by atoms with Crippen LogP contribution in [0.15, 0.2) is 64.5 Å². The van der Waals surface area contributed by atoms with Crippen LogP contribution in [0.2, 0.25) is 0 Å². The Balaban J connectivity index is 2.35. The molecule has 2 aromatic rings. The summed E-state index contributed by atoms with van der Waals surface area (Å²) in [6, 6.07) is 14.1. The first-order valence-corrected chi connectivity index (χ1v) is 9.61. The van der Waals surface area contributed by atoms with Gasteiger partial charge < -0.3 is 0 Å². The summed E-state index contributed by atoms with van der Waals surface area (Å²) in [5, 5.41) is -3.85. The van der Waals surface area contributed by atoms with Crippen molar-refractivity contribution < 1.29 is 17.2 Å². The molecule has 0 aliphatic carbocycles. The molecule has 0 aliphatic heterocycles. The Morgan fingerprint density at radius 3 is 2.20 bits per heavy atom. The zero-order chi connectivity index (χ0) is 18.7. The molecule has 2 rings (SSSR count). The summed E-state index contributed by atoms with van der Waals surface area (Å²) in [4.78, 5) is 3.86. The van der Waals surface area contributed by atoms with E-state index < -0.39 is 32.7 Å². The van der Waals surface area contributed by atoms with E-state index in [1.165, 1.54) is 12.1 Å². The molecule has 0 N–H and O–H groups in total. The van der Waals surface area contributed by atoms with Gasteiger partial charge in [0.05, 0.1) is 10.9 Å². The van der Waals surface area contributed by atoms with E-state index in [2.05, 4.69) is 4.99 Å². The van der Waals surface area contributed by atoms with Gasteiger partial charge in [-0.3, -0.25) is 4.99 Å². The van der Waals surface area contributed by atoms with Crippen molar-refractivity contribution >= 4 is 27.1 Å². The van der Waals surface area contributed by atoms with Crippen molar-refractivity contribution in [2.45, 2.75) is 30.2 Å². The zero-order valence-electron chi connectivity index (χ0n) is 13.8. The minimum atomic E-state index is -3.98. The lowest BCUT2D eigenvalue weighted by Gasteiger charge is -2.16. The average molecular weight is 386 g/mol. The van der Waals surface area contributed by atoms with Crippen LogP contribution in [-0.2, 0) is 9.84 Å². The number of hydrogen-bond donors (Lipinski definition) is 0. The highest BCUT2D eigenvalue weighted by molar-refractivity contribution is 7.92. The third-order valence-corrected chi connectivity index (χ3v) is 5.53. The van der Waals surface area contributed by atoms with Crippen molar-refractivity contribution in [3.05, 3.63) is 65.7 Å². The Morgan fingerprint density at radius 1 is 1.12 bits per heavy atom. The third kappa shape index (κ3) is 5.34. The van der Waals surface area contributed by atoms with Crippen molar-refractivity contribution in [3.8, 4) is 0 Å². The average Bonchev–Trinajstić information content (AvgIpc) is 2.54. The van der Waals surface area contributed by atoms with Gasteiger partial charge in [0.1, 0.15) is 11.5 Å². The van der Waals surface area contributed by atoms with E-state index in [1.807, 2.05) is 0 Å². The smallest absolute Gasteiger partial charge is 0.278 e. The maximum absolute atomic E-state index is 13.7. The molecule has 2 aromatic carbocycles. The molecule has 0 spiro atoms. The van der Waals surface area contributed by atoms with Crippen LogP contribution in [0.5, 0.6) is 0 Å². The van der Waals surface area contributed by atoms with E-state index in [-0.39, 0.29) is 4.90 Å². The molecule has 1 atom stereocenters. The van der Waals surface area contributed by atoms with E-state index in [1.54, 1.807) is 56.3 Å². The second-order valence-electron chi connectivity index (χ2n) is 5.73. The highest BCUT2D eigenvalue weighted by atomic mass is 35.5. The Labute approximate surface area is 151 Å². The SMILES string of the molecule is Cc1ccc(S(=O)(=O)CC(=N[C@@H](C)c2ccccc2)C(F)(F)Cl)cc1. The summed E-state index contributed by atoms with van der Waals surface area (Å²) in [6.45, 7) is 3.41. The third-order valence-electron chi connectivity index (χ3n) is 3.67. The maximum atomic E-state index is 13.7. The van der Waals surface area contributed by atoms with Crippen LogP contribution in [0.25, 0.3) is 0 Å². The second kappa shape index (κ2) is 7.62. The number of aryl methyl sites for hydroxylation is 1. The number of alkyl halides is 3. The molecule has 0 fully saturated rings. The molecular formula is C18H18ClF2NO2S. The number of aliphatic imine (C=N–C) groups is 1. The van der Waals surface area contributed by atoms with Gasteiger partial charge in [0.2, 0.25) is 0 Å². The molecule has 7 heteroatoms. The molecule has 0 heterocycles. The largest absolute Gasteiger partial charge is 0.361 e. The minimum absolute atomic E-state index is 0.0425. The maximum Gasteiger partial charge on any atom is 0.361 e. The molecule has 0 saturated carbocycles. The van der Waals surface area contributed by atoms with Crippen molar-refractivity contribution in [3.63, 3.8) is 0 Å². The first-order chi connectivity index (χ1) is 11.6. The van der Waals surface area contributed by atoms with Gasteiger partial charge in [-0.2, -0.15) is 8.78 Å². The summed E-state index contributed by atoms with van der Waals surface area (Å²) in [6.07, 6.45) is 0. The summed E-state index contributed by atoms with van der Waals surface area (Å²) in [5.41, 5.74) is 0.688. The fourth-order valence-corrected chi connectivity index (χ4v) is 3.77. The lowest BCUT2D eigenvalue weighted by Crippen LogP contribution is -2.30. The number of rotatable bonds is 6. The summed E-state index contributed by atoms with van der Waals surface area (Å²) in [5.74, 6) is -0.941. The van der Waals surface area contributed by atoms with Gasteiger partial charge in [-0.1, -0.05) is 48.0 Å². The van der Waals surface area contributed by atoms with Crippen LogP contribution in [0.3, 0.4) is 0 Å². The van der Waals surface area contributed by atoms with E-state index in [4.69, 9.17) is 11.6 Å². The Kier molecular flexibility index (Phi) is 5.95.